The van der Waals surface area contributed by atoms with Crippen molar-refractivity contribution in [1.29, 1.82) is 0 Å². The standard InChI is InChI=1S/C17H13ClF3N7O2S/c1-3-31(29,30)12-4-9(28-8-24-16(18)26-28)6-23-14(12)15-25-10-5-13(17(19,20)21)22-7-11(10)27(15)2/h4-8H,3H2,1-2H3. The summed E-state index contributed by atoms with van der Waals surface area (Å²) in [5, 5.41) is 3.88. The van der Waals surface area contributed by atoms with Crippen LogP contribution in [0.4, 0.5) is 13.2 Å². The molecule has 0 aromatic carbocycles. The van der Waals surface area contributed by atoms with Crippen LogP contribution in [0.1, 0.15) is 12.6 Å². The minimum Gasteiger partial charge on any atom is -0.324 e. The summed E-state index contributed by atoms with van der Waals surface area (Å²) in [4.78, 5) is 15.5. The molecule has 0 unspecified atom stereocenters. The number of pyridine rings is 2. The lowest BCUT2D eigenvalue weighted by Gasteiger charge is -2.11. The number of imidazole rings is 1. The van der Waals surface area contributed by atoms with Gasteiger partial charge in [0, 0.05) is 7.05 Å². The van der Waals surface area contributed by atoms with Crippen molar-refractivity contribution in [3.8, 4) is 17.2 Å². The first-order valence-electron chi connectivity index (χ1n) is 8.71. The summed E-state index contributed by atoms with van der Waals surface area (Å²) in [6, 6.07) is 2.14. The Bertz CT molecular complexity index is 1410. The van der Waals surface area contributed by atoms with Gasteiger partial charge < -0.3 is 4.57 Å². The molecule has 4 aromatic rings. The van der Waals surface area contributed by atoms with Crippen molar-refractivity contribution >= 4 is 32.5 Å². The first-order chi connectivity index (χ1) is 14.5. The van der Waals surface area contributed by atoms with Gasteiger partial charge in [0.25, 0.3) is 0 Å². The summed E-state index contributed by atoms with van der Waals surface area (Å²) in [6.45, 7) is 1.46. The number of alkyl halides is 3. The van der Waals surface area contributed by atoms with Crippen LogP contribution in [0.25, 0.3) is 28.2 Å². The molecule has 0 amide bonds. The quantitative estimate of drug-likeness (QED) is 0.450. The van der Waals surface area contributed by atoms with Gasteiger partial charge in [-0.2, -0.15) is 13.2 Å². The van der Waals surface area contributed by atoms with Gasteiger partial charge in [-0.15, -0.1) is 5.10 Å². The van der Waals surface area contributed by atoms with Crippen molar-refractivity contribution in [2.24, 2.45) is 7.05 Å². The van der Waals surface area contributed by atoms with E-state index < -0.39 is 21.7 Å². The fourth-order valence-electron chi connectivity index (χ4n) is 2.94. The third kappa shape index (κ3) is 3.74. The lowest BCUT2D eigenvalue weighted by Crippen LogP contribution is -2.10. The molecule has 0 spiro atoms. The lowest BCUT2D eigenvalue weighted by molar-refractivity contribution is -0.141. The molecule has 0 atom stereocenters. The summed E-state index contributed by atoms with van der Waals surface area (Å²) in [6.07, 6.45) is -0.968. The van der Waals surface area contributed by atoms with E-state index in [9.17, 15) is 21.6 Å². The Morgan fingerprint density at radius 2 is 1.87 bits per heavy atom. The molecule has 0 fully saturated rings. The van der Waals surface area contributed by atoms with Crippen molar-refractivity contribution in [1.82, 2.24) is 34.3 Å². The summed E-state index contributed by atoms with van der Waals surface area (Å²) >= 11 is 5.72. The minimum atomic E-state index is -4.64. The highest BCUT2D eigenvalue weighted by Crippen LogP contribution is 2.32. The van der Waals surface area contributed by atoms with Gasteiger partial charge in [-0.25, -0.2) is 33.0 Å². The van der Waals surface area contributed by atoms with E-state index in [0.717, 1.165) is 12.3 Å². The fourth-order valence-corrected chi connectivity index (χ4v) is 4.12. The third-order valence-corrected chi connectivity index (χ3v) is 6.47. The summed E-state index contributed by atoms with van der Waals surface area (Å²) in [5.41, 5.74) is -0.526. The van der Waals surface area contributed by atoms with E-state index in [2.05, 4.69) is 25.0 Å². The van der Waals surface area contributed by atoms with E-state index in [-0.39, 0.29) is 44.2 Å². The van der Waals surface area contributed by atoms with Gasteiger partial charge in [-0.1, -0.05) is 6.92 Å². The highest BCUT2D eigenvalue weighted by atomic mass is 35.5. The Balaban J connectivity index is 1.95. The molecule has 0 bridgehead atoms. The molecule has 4 heterocycles. The number of hydrogen-bond donors (Lipinski definition) is 0. The van der Waals surface area contributed by atoms with Gasteiger partial charge in [-0.05, 0) is 23.7 Å². The fraction of sp³-hybridized carbons (Fsp3) is 0.235. The second kappa shape index (κ2) is 7.27. The highest BCUT2D eigenvalue weighted by Gasteiger charge is 2.33. The smallest absolute Gasteiger partial charge is 0.324 e. The van der Waals surface area contributed by atoms with Crippen molar-refractivity contribution < 1.29 is 21.6 Å². The minimum absolute atomic E-state index is 0.00797. The van der Waals surface area contributed by atoms with Crippen molar-refractivity contribution in [3.63, 3.8) is 0 Å². The maximum atomic E-state index is 13.0. The molecule has 0 radical (unpaired) electrons. The van der Waals surface area contributed by atoms with E-state index in [1.54, 1.807) is 0 Å². The Kier molecular flexibility index (Phi) is 4.97. The molecule has 31 heavy (non-hydrogen) atoms. The van der Waals surface area contributed by atoms with Gasteiger partial charge in [0.15, 0.2) is 15.7 Å². The molecule has 4 aromatic heterocycles. The number of hydrogen-bond acceptors (Lipinski definition) is 7. The molecule has 0 saturated carbocycles. The molecule has 0 aliphatic rings. The van der Waals surface area contributed by atoms with E-state index >= 15 is 0 Å². The highest BCUT2D eigenvalue weighted by molar-refractivity contribution is 7.91. The van der Waals surface area contributed by atoms with Crippen LogP contribution in [-0.4, -0.2) is 48.5 Å². The van der Waals surface area contributed by atoms with Gasteiger partial charge >= 0.3 is 6.18 Å². The number of fused-ring (bicyclic) bond motifs is 1. The SMILES string of the molecule is CCS(=O)(=O)c1cc(-n2cnc(Cl)n2)cnc1-c1nc2cc(C(F)(F)F)ncc2n1C. The van der Waals surface area contributed by atoms with Gasteiger partial charge in [0.05, 0.1) is 39.8 Å². The number of rotatable bonds is 4. The van der Waals surface area contributed by atoms with E-state index in [0.29, 0.717) is 0 Å². The largest absolute Gasteiger partial charge is 0.433 e. The number of aromatic nitrogens is 7. The van der Waals surface area contributed by atoms with E-state index in [1.807, 2.05) is 0 Å². The monoisotopic (exact) mass is 471 g/mol. The lowest BCUT2D eigenvalue weighted by atomic mass is 10.3. The number of halogens is 4. The Morgan fingerprint density at radius 3 is 2.48 bits per heavy atom. The summed E-state index contributed by atoms with van der Waals surface area (Å²) in [7, 11) is -2.26. The molecule has 0 saturated heterocycles. The van der Waals surface area contributed by atoms with Crippen LogP contribution in [0.5, 0.6) is 0 Å². The molecule has 0 N–H and O–H groups in total. The van der Waals surface area contributed by atoms with Crippen LogP contribution in [0.2, 0.25) is 5.28 Å². The predicted molar refractivity (Wildman–Crippen MR) is 104 cm³/mol. The first-order valence-corrected chi connectivity index (χ1v) is 10.7. The second-order valence-electron chi connectivity index (χ2n) is 6.45. The topological polar surface area (TPSA) is 108 Å². The Labute approximate surface area is 178 Å². The van der Waals surface area contributed by atoms with Crippen LogP contribution in [-0.2, 0) is 23.1 Å². The summed E-state index contributed by atoms with van der Waals surface area (Å²) < 4.78 is 67.3. The zero-order valence-corrected chi connectivity index (χ0v) is 17.5. The average molecular weight is 472 g/mol. The van der Waals surface area contributed by atoms with Crippen molar-refractivity contribution in [3.05, 3.63) is 41.8 Å². The van der Waals surface area contributed by atoms with Crippen LogP contribution < -0.4 is 0 Å². The molecular formula is C17H13ClF3N7O2S. The van der Waals surface area contributed by atoms with Gasteiger partial charge in [0.1, 0.15) is 17.7 Å². The molecule has 9 nitrogen and oxygen atoms in total. The molecule has 14 heteroatoms. The van der Waals surface area contributed by atoms with E-state index in [1.165, 1.54) is 41.8 Å². The van der Waals surface area contributed by atoms with Crippen LogP contribution in [0, 0.1) is 0 Å². The van der Waals surface area contributed by atoms with Crippen LogP contribution in [0.3, 0.4) is 0 Å². The van der Waals surface area contributed by atoms with Crippen LogP contribution >= 0.6 is 11.6 Å². The first kappa shape index (κ1) is 21.2. The molecular weight excluding hydrogens is 459 g/mol. The number of aryl methyl sites for hydroxylation is 1. The van der Waals surface area contributed by atoms with Gasteiger partial charge in [0.2, 0.25) is 5.28 Å². The van der Waals surface area contributed by atoms with Crippen LogP contribution in [0.15, 0.2) is 35.7 Å². The number of nitrogens with zero attached hydrogens (tertiary/aromatic N) is 7. The Hall–Kier alpha value is -3.06. The molecule has 0 aliphatic carbocycles. The third-order valence-electron chi connectivity index (χ3n) is 4.55. The Morgan fingerprint density at radius 1 is 1.13 bits per heavy atom. The molecule has 4 rings (SSSR count). The van der Waals surface area contributed by atoms with Gasteiger partial charge in [-0.3, -0.25) is 0 Å². The zero-order valence-electron chi connectivity index (χ0n) is 16.0. The van der Waals surface area contributed by atoms with E-state index in [4.69, 9.17) is 11.6 Å². The maximum absolute atomic E-state index is 13.0. The predicted octanol–water partition coefficient (Wildman–Crippen LogP) is 3.08. The average Bonchev–Trinajstić information content (AvgIpc) is 3.30. The van der Waals surface area contributed by atoms with Crippen molar-refractivity contribution in [2.75, 3.05) is 5.75 Å². The summed E-state index contributed by atoms with van der Waals surface area (Å²) in [5.74, 6) is -0.154. The number of sulfone groups is 1. The maximum Gasteiger partial charge on any atom is 0.433 e. The second-order valence-corrected chi connectivity index (χ2v) is 9.04. The zero-order chi connectivity index (χ0) is 22.6. The van der Waals surface area contributed by atoms with Crippen molar-refractivity contribution in [2.45, 2.75) is 18.0 Å². The molecule has 0 aliphatic heterocycles. The molecule has 162 valence electrons. The normalized spacial score (nSPS) is 12.6.